The third-order valence-corrected chi connectivity index (χ3v) is 5.27. The van der Waals surface area contributed by atoms with Crippen molar-refractivity contribution in [2.24, 2.45) is 0 Å². The van der Waals surface area contributed by atoms with Crippen LogP contribution in [-0.2, 0) is 4.74 Å². The molecule has 1 aromatic carbocycles. The Labute approximate surface area is 145 Å². The molecule has 22 heavy (non-hydrogen) atoms. The summed E-state index contributed by atoms with van der Waals surface area (Å²) in [5.74, 6) is 0. The van der Waals surface area contributed by atoms with Crippen molar-refractivity contribution < 1.29 is 20.1 Å². The number of aliphatic hydroxyl groups excluding tert-OH is 3. The topological polar surface area (TPSA) is 74.9 Å². The number of nitrogens with zero attached hydrogens (tertiary/aromatic N) is 1. The molecule has 9 heteroatoms. The molecule has 0 aliphatic carbocycles. The molecule has 0 radical (unpaired) electrons. The summed E-state index contributed by atoms with van der Waals surface area (Å²) in [7, 11) is 0. The lowest BCUT2D eigenvalue weighted by molar-refractivity contribution is -0.0505. The Balaban J connectivity index is 2.19. The van der Waals surface area contributed by atoms with Crippen LogP contribution in [0.1, 0.15) is 6.23 Å². The maximum atomic E-state index is 10.2. The van der Waals surface area contributed by atoms with Gasteiger partial charge in [-0.15, -0.1) is 0 Å². The molecule has 2 aromatic rings. The van der Waals surface area contributed by atoms with Gasteiger partial charge in [0.05, 0.1) is 27.2 Å². The van der Waals surface area contributed by atoms with Crippen molar-refractivity contribution in [1.29, 1.82) is 0 Å². The molecule has 120 valence electrons. The summed E-state index contributed by atoms with van der Waals surface area (Å²) in [6.07, 6.45) is -4.46. The van der Waals surface area contributed by atoms with Crippen LogP contribution in [0.4, 0.5) is 0 Å². The predicted octanol–water partition coefficient (Wildman–Crippen LogP) is 2.87. The number of ether oxygens (including phenoxy) is 1. The lowest BCUT2D eigenvalue weighted by Crippen LogP contribution is -2.33. The van der Waals surface area contributed by atoms with Crippen molar-refractivity contribution in [3.05, 3.63) is 32.4 Å². The summed E-state index contributed by atoms with van der Waals surface area (Å²) < 4.78 is 6.91. The fourth-order valence-electron chi connectivity index (χ4n) is 2.58. The summed E-state index contributed by atoms with van der Waals surface area (Å²) in [6, 6.07) is 3.11. The van der Waals surface area contributed by atoms with Crippen molar-refractivity contribution >= 4 is 57.3 Å². The van der Waals surface area contributed by atoms with Gasteiger partial charge in [-0.25, -0.2) is 0 Å². The van der Waals surface area contributed by atoms with Gasteiger partial charge in [-0.05, 0) is 12.1 Å². The zero-order valence-electron chi connectivity index (χ0n) is 10.9. The molecule has 0 spiro atoms. The van der Waals surface area contributed by atoms with Crippen molar-refractivity contribution in [1.82, 2.24) is 4.57 Å². The first kappa shape index (κ1) is 16.6. The largest absolute Gasteiger partial charge is 0.394 e. The molecule has 0 bridgehead atoms. The van der Waals surface area contributed by atoms with E-state index >= 15 is 0 Å². The molecule has 3 N–H and O–H groups in total. The van der Waals surface area contributed by atoms with Crippen LogP contribution < -0.4 is 0 Å². The van der Waals surface area contributed by atoms with Crippen LogP contribution >= 0.6 is 46.4 Å². The lowest BCUT2D eigenvalue weighted by Gasteiger charge is -2.19. The first-order valence-electron chi connectivity index (χ1n) is 6.33. The minimum atomic E-state index is -1.28. The second-order valence-corrected chi connectivity index (χ2v) is 6.54. The van der Waals surface area contributed by atoms with E-state index in [1.807, 2.05) is 0 Å². The first-order valence-corrected chi connectivity index (χ1v) is 7.84. The van der Waals surface area contributed by atoms with E-state index < -0.39 is 31.1 Å². The Morgan fingerprint density at radius 2 is 1.68 bits per heavy atom. The van der Waals surface area contributed by atoms with Crippen molar-refractivity contribution in [2.45, 2.75) is 24.5 Å². The zero-order chi connectivity index (χ0) is 16.2. The van der Waals surface area contributed by atoms with Crippen LogP contribution in [0.15, 0.2) is 12.1 Å². The van der Waals surface area contributed by atoms with Crippen LogP contribution in [0, 0.1) is 0 Å². The highest BCUT2D eigenvalue weighted by atomic mass is 35.5. The van der Waals surface area contributed by atoms with Gasteiger partial charge in [0, 0.05) is 5.39 Å². The maximum absolute atomic E-state index is 10.2. The molecule has 1 aromatic heterocycles. The number of halogens is 4. The molecule has 1 saturated heterocycles. The van der Waals surface area contributed by atoms with E-state index in [0.29, 0.717) is 15.9 Å². The van der Waals surface area contributed by atoms with E-state index in [-0.39, 0.29) is 15.2 Å². The minimum Gasteiger partial charge on any atom is -0.394 e. The van der Waals surface area contributed by atoms with Crippen LogP contribution in [0.5, 0.6) is 0 Å². The standard InChI is InChI=1S/C13H11Cl4NO4/c14-5-1-4-7(2-6(5)15)18(12(17)9(4)16)13-11(21)10(20)8(3-19)22-13/h1-2,8,10-11,13,19-21H,3H2/t8-,10-,11-,13?/m1/s1. The quantitative estimate of drug-likeness (QED) is 0.741. The molecule has 1 fully saturated rings. The second-order valence-electron chi connectivity index (χ2n) is 4.99. The third-order valence-electron chi connectivity index (χ3n) is 3.70. The number of hydrogen-bond donors (Lipinski definition) is 3. The smallest absolute Gasteiger partial charge is 0.164 e. The highest BCUT2D eigenvalue weighted by Crippen LogP contribution is 2.43. The highest BCUT2D eigenvalue weighted by molar-refractivity contribution is 6.47. The summed E-state index contributed by atoms with van der Waals surface area (Å²) >= 11 is 24.4. The molecule has 5 nitrogen and oxygen atoms in total. The molecular weight excluding hydrogens is 376 g/mol. The number of benzene rings is 1. The van der Waals surface area contributed by atoms with Gasteiger partial charge in [0.15, 0.2) is 6.23 Å². The Morgan fingerprint density at radius 1 is 1.05 bits per heavy atom. The number of hydrogen-bond acceptors (Lipinski definition) is 4. The van der Waals surface area contributed by atoms with Crippen LogP contribution in [-0.4, -0.2) is 44.8 Å². The summed E-state index contributed by atoms with van der Waals surface area (Å²) in [5, 5.41) is 30.7. The molecule has 3 rings (SSSR count). The average molecular weight is 387 g/mol. The average Bonchev–Trinajstić information content (AvgIpc) is 2.89. The van der Waals surface area contributed by atoms with Crippen LogP contribution in [0.25, 0.3) is 10.9 Å². The highest BCUT2D eigenvalue weighted by Gasteiger charge is 2.44. The molecule has 2 heterocycles. The van der Waals surface area contributed by atoms with E-state index in [1.165, 1.54) is 4.57 Å². The molecule has 1 unspecified atom stereocenters. The molecule has 1 aliphatic heterocycles. The van der Waals surface area contributed by atoms with Crippen LogP contribution in [0.2, 0.25) is 20.2 Å². The Morgan fingerprint density at radius 3 is 2.27 bits per heavy atom. The van der Waals surface area contributed by atoms with Crippen molar-refractivity contribution in [3.63, 3.8) is 0 Å². The fourth-order valence-corrected chi connectivity index (χ4v) is 3.43. The minimum absolute atomic E-state index is 0.116. The fraction of sp³-hybridized carbons (Fsp3) is 0.385. The normalized spacial score (nSPS) is 28.7. The number of fused-ring (bicyclic) bond motifs is 1. The van der Waals surface area contributed by atoms with Gasteiger partial charge in [0.2, 0.25) is 0 Å². The molecule has 1 aliphatic rings. The summed E-state index contributed by atoms with van der Waals surface area (Å²) in [6.45, 7) is -0.439. The van der Waals surface area contributed by atoms with Gasteiger partial charge >= 0.3 is 0 Å². The van der Waals surface area contributed by atoms with E-state index in [2.05, 4.69) is 0 Å². The van der Waals surface area contributed by atoms with E-state index in [0.717, 1.165) is 0 Å². The maximum Gasteiger partial charge on any atom is 0.164 e. The zero-order valence-corrected chi connectivity index (χ0v) is 13.9. The Hall–Kier alpha value is -0.240. The monoisotopic (exact) mass is 385 g/mol. The second kappa shape index (κ2) is 6.00. The van der Waals surface area contributed by atoms with E-state index in [1.54, 1.807) is 12.1 Å². The molecule has 0 saturated carbocycles. The number of aliphatic hydroxyl groups is 3. The molecular formula is C13H11Cl4NO4. The predicted molar refractivity (Wildman–Crippen MR) is 85.0 cm³/mol. The molecule has 0 amide bonds. The van der Waals surface area contributed by atoms with Crippen molar-refractivity contribution in [3.8, 4) is 0 Å². The number of rotatable bonds is 2. The van der Waals surface area contributed by atoms with Gasteiger partial charge < -0.3 is 24.6 Å². The van der Waals surface area contributed by atoms with Gasteiger partial charge in [-0.2, -0.15) is 0 Å². The lowest BCUT2D eigenvalue weighted by atomic mass is 10.1. The van der Waals surface area contributed by atoms with Gasteiger partial charge in [-0.1, -0.05) is 46.4 Å². The first-order chi connectivity index (χ1) is 10.4. The van der Waals surface area contributed by atoms with Gasteiger partial charge in [-0.3, -0.25) is 0 Å². The number of aromatic nitrogens is 1. The van der Waals surface area contributed by atoms with E-state index in [4.69, 9.17) is 51.1 Å². The Bertz CT molecular complexity index is 735. The van der Waals surface area contributed by atoms with Gasteiger partial charge in [0.1, 0.15) is 23.5 Å². The summed E-state index contributed by atoms with van der Waals surface area (Å²) in [5.41, 5.74) is 0.499. The SMILES string of the molecule is OC[C@H]1OC(n2c(Cl)c(Cl)c3cc(Cl)c(Cl)cc32)[C@H](O)[C@@H]1O. The van der Waals surface area contributed by atoms with Crippen molar-refractivity contribution in [2.75, 3.05) is 6.61 Å². The van der Waals surface area contributed by atoms with Gasteiger partial charge in [0.25, 0.3) is 0 Å². The third kappa shape index (κ3) is 2.41. The van der Waals surface area contributed by atoms with Crippen LogP contribution in [0.3, 0.4) is 0 Å². The molecule has 4 atom stereocenters. The summed E-state index contributed by atoms with van der Waals surface area (Å²) in [4.78, 5) is 0. The Kier molecular flexibility index (Phi) is 4.53. The van der Waals surface area contributed by atoms with E-state index in [9.17, 15) is 15.3 Å².